The van der Waals surface area contributed by atoms with Crippen LogP contribution in [-0.4, -0.2) is 39.2 Å². The molecular weight excluding hydrogens is 391 g/mol. The molecule has 0 fully saturated rings. The van der Waals surface area contributed by atoms with Crippen molar-refractivity contribution in [2.45, 2.75) is 26.4 Å². The molecule has 7 nitrogen and oxygen atoms in total. The van der Waals surface area contributed by atoms with Gasteiger partial charge in [0, 0.05) is 12.1 Å². The summed E-state index contributed by atoms with van der Waals surface area (Å²) in [6, 6.07) is 7.86. The Labute approximate surface area is 175 Å². The summed E-state index contributed by atoms with van der Waals surface area (Å²) in [5.74, 6) is 0.0363. The van der Waals surface area contributed by atoms with E-state index in [0.29, 0.717) is 17.2 Å². The summed E-state index contributed by atoms with van der Waals surface area (Å²) < 4.78 is 29.0. The minimum Gasteiger partial charge on any atom is -0.493 e. The average Bonchev–Trinajstić information content (AvgIpc) is 2.74. The minimum absolute atomic E-state index is 0.158. The summed E-state index contributed by atoms with van der Waals surface area (Å²) in [6.07, 6.45) is 0. The lowest BCUT2D eigenvalue weighted by molar-refractivity contribution is -0.124. The predicted octanol–water partition coefficient (Wildman–Crippen LogP) is 2.92. The van der Waals surface area contributed by atoms with Crippen LogP contribution in [0, 0.1) is 11.7 Å². The molecule has 2 amide bonds. The number of amides is 2. The third-order valence-corrected chi connectivity index (χ3v) is 4.53. The van der Waals surface area contributed by atoms with Gasteiger partial charge in [0.05, 0.1) is 21.3 Å². The van der Waals surface area contributed by atoms with Crippen LogP contribution in [0.4, 0.5) is 4.39 Å². The molecule has 0 spiro atoms. The zero-order chi connectivity index (χ0) is 22.3. The summed E-state index contributed by atoms with van der Waals surface area (Å²) in [5, 5.41) is 5.53. The molecular formula is C22H27FN2O5. The van der Waals surface area contributed by atoms with Crippen molar-refractivity contribution in [2.24, 2.45) is 5.92 Å². The lowest BCUT2D eigenvalue weighted by Gasteiger charge is -2.22. The van der Waals surface area contributed by atoms with Gasteiger partial charge in [0.15, 0.2) is 11.5 Å². The van der Waals surface area contributed by atoms with Crippen molar-refractivity contribution in [3.05, 3.63) is 53.3 Å². The van der Waals surface area contributed by atoms with E-state index in [1.165, 1.54) is 45.6 Å². The van der Waals surface area contributed by atoms with E-state index in [4.69, 9.17) is 14.2 Å². The molecule has 0 aliphatic rings. The number of hydrogen-bond acceptors (Lipinski definition) is 5. The number of hydrogen-bond donors (Lipinski definition) is 2. The first kappa shape index (κ1) is 23.0. The fraction of sp³-hybridized carbons (Fsp3) is 0.364. The molecule has 0 aliphatic carbocycles. The molecule has 0 unspecified atom stereocenters. The number of carbonyl (C=O) groups excluding carboxylic acids is 2. The van der Waals surface area contributed by atoms with Crippen molar-refractivity contribution in [2.75, 3.05) is 21.3 Å². The molecule has 8 heteroatoms. The topological polar surface area (TPSA) is 85.9 Å². The molecule has 0 aliphatic heterocycles. The molecule has 2 N–H and O–H groups in total. The Morgan fingerprint density at radius 1 is 0.967 bits per heavy atom. The zero-order valence-electron chi connectivity index (χ0n) is 17.7. The maximum atomic E-state index is 13.1. The van der Waals surface area contributed by atoms with Crippen LogP contribution in [0.15, 0.2) is 36.4 Å². The highest BCUT2D eigenvalue weighted by Gasteiger charge is 2.25. The van der Waals surface area contributed by atoms with Gasteiger partial charge in [-0.05, 0) is 47.9 Å². The van der Waals surface area contributed by atoms with Crippen LogP contribution in [0.5, 0.6) is 17.2 Å². The number of rotatable bonds is 9. The summed E-state index contributed by atoms with van der Waals surface area (Å²) in [4.78, 5) is 25.2. The lowest BCUT2D eigenvalue weighted by Crippen LogP contribution is -2.49. The van der Waals surface area contributed by atoms with Crippen molar-refractivity contribution < 1.29 is 28.2 Å². The van der Waals surface area contributed by atoms with Crippen LogP contribution in [0.3, 0.4) is 0 Å². The second-order valence-electron chi connectivity index (χ2n) is 6.95. The third-order valence-electron chi connectivity index (χ3n) is 4.53. The van der Waals surface area contributed by atoms with Crippen LogP contribution < -0.4 is 24.8 Å². The lowest BCUT2D eigenvalue weighted by atomic mass is 10.0. The van der Waals surface area contributed by atoms with Gasteiger partial charge in [-0.25, -0.2) is 4.39 Å². The first-order valence-electron chi connectivity index (χ1n) is 9.43. The number of halogens is 1. The summed E-state index contributed by atoms with van der Waals surface area (Å²) >= 11 is 0. The van der Waals surface area contributed by atoms with Gasteiger partial charge in [-0.1, -0.05) is 13.8 Å². The molecule has 2 aromatic carbocycles. The quantitative estimate of drug-likeness (QED) is 0.654. The average molecular weight is 418 g/mol. The van der Waals surface area contributed by atoms with Gasteiger partial charge in [-0.15, -0.1) is 0 Å². The zero-order valence-corrected chi connectivity index (χ0v) is 17.7. The normalized spacial score (nSPS) is 11.6. The van der Waals surface area contributed by atoms with Gasteiger partial charge >= 0.3 is 0 Å². The maximum Gasteiger partial charge on any atom is 0.251 e. The standard InChI is InChI=1S/C22H27FN2O5/c1-13(2)19(25-21(26)15-6-8-16(23)9-7-15)22(27)24-12-14-10-17(28-3)20(30-5)18(11-14)29-4/h6-11,13,19H,12H2,1-5H3,(H,24,27)(H,25,26)/t19-/m1/s1. The van der Waals surface area contributed by atoms with Crippen molar-refractivity contribution in [1.82, 2.24) is 10.6 Å². The van der Waals surface area contributed by atoms with Gasteiger partial charge in [0.2, 0.25) is 11.7 Å². The maximum absolute atomic E-state index is 13.1. The van der Waals surface area contributed by atoms with Gasteiger partial charge in [-0.3, -0.25) is 9.59 Å². The van der Waals surface area contributed by atoms with Crippen LogP contribution >= 0.6 is 0 Å². The van der Waals surface area contributed by atoms with E-state index in [1.807, 2.05) is 13.8 Å². The van der Waals surface area contributed by atoms with Gasteiger partial charge in [0.1, 0.15) is 11.9 Å². The fourth-order valence-electron chi connectivity index (χ4n) is 2.90. The van der Waals surface area contributed by atoms with Crippen LogP contribution in [-0.2, 0) is 11.3 Å². The number of carbonyl (C=O) groups is 2. The first-order chi connectivity index (χ1) is 14.3. The fourth-order valence-corrected chi connectivity index (χ4v) is 2.90. The highest BCUT2D eigenvalue weighted by molar-refractivity contribution is 5.97. The molecule has 0 saturated heterocycles. The highest BCUT2D eigenvalue weighted by Crippen LogP contribution is 2.38. The molecule has 0 bridgehead atoms. The van der Waals surface area contributed by atoms with E-state index in [2.05, 4.69) is 10.6 Å². The second kappa shape index (κ2) is 10.5. The molecule has 2 aromatic rings. The van der Waals surface area contributed by atoms with Gasteiger partial charge in [-0.2, -0.15) is 0 Å². The number of benzene rings is 2. The molecule has 2 rings (SSSR count). The Morgan fingerprint density at radius 2 is 1.53 bits per heavy atom. The molecule has 30 heavy (non-hydrogen) atoms. The Bertz CT molecular complexity index is 859. The third kappa shape index (κ3) is 5.62. The first-order valence-corrected chi connectivity index (χ1v) is 9.43. The molecule has 0 aromatic heterocycles. The predicted molar refractivity (Wildman–Crippen MR) is 110 cm³/mol. The molecule has 0 radical (unpaired) electrons. The van der Waals surface area contributed by atoms with Crippen LogP contribution in [0.25, 0.3) is 0 Å². The van der Waals surface area contributed by atoms with E-state index < -0.39 is 17.8 Å². The van der Waals surface area contributed by atoms with Gasteiger partial charge in [0.25, 0.3) is 5.91 Å². The molecule has 162 valence electrons. The van der Waals surface area contributed by atoms with E-state index in [9.17, 15) is 14.0 Å². The Hall–Kier alpha value is -3.29. The van der Waals surface area contributed by atoms with Crippen LogP contribution in [0.2, 0.25) is 0 Å². The SMILES string of the molecule is COc1cc(CNC(=O)[C@H](NC(=O)c2ccc(F)cc2)C(C)C)cc(OC)c1OC. The number of nitrogens with one attached hydrogen (secondary N) is 2. The van der Waals surface area contributed by atoms with E-state index in [-0.39, 0.29) is 23.9 Å². The Morgan fingerprint density at radius 3 is 2.00 bits per heavy atom. The van der Waals surface area contributed by atoms with E-state index >= 15 is 0 Å². The van der Waals surface area contributed by atoms with Crippen molar-refractivity contribution in [3.8, 4) is 17.2 Å². The smallest absolute Gasteiger partial charge is 0.251 e. The summed E-state index contributed by atoms with van der Waals surface area (Å²) in [6.45, 7) is 3.86. The molecule has 0 heterocycles. The van der Waals surface area contributed by atoms with Crippen molar-refractivity contribution in [1.29, 1.82) is 0 Å². The summed E-state index contributed by atoms with van der Waals surface area (Å²) in [5.41, 5.74) is 1.02. The minimum atomic E-state index is -0.760. The molecule has 0 saturated carbocycles. The number of methoxy groups -OCH3 is 3. The highest BCUT2D eigenvalue weighted by atomic mass is 19.1. The van der Waals surface area contributed by atoms with Crippen LogP contribution in [0.1, 0.15) is 29.8 Å². The van der Waals surface area contributed by atoms with Crippen molar-refractivity contribution >= 4 is 11.8 Å². The van der Waals surface area contributed by atoms with Crippen molar-refractivity contribution in [3.63, 3.8) is 0 Å². The number of ether oxygens (including phenoxy) is 3. The largest absolute Gasteiger partial charge is 0.493 e. The van der Waals surface area contributed by atoms with E-state index in [1.54, 1.807) is 12.1 Å². The summed E-state index contributed by atoms with van der Waals surface area (Å²) in [7, 11) is 4.54. The second-order valence-corrected chi connectivity index (χ2v) is 6.95. The Balaban J connectivity index is 2.10. The van der Waals surface area contributed by atoms with Gasteiger partial charge < -0.3 is 24.8 Å². The Kier molecular flexibility index (Phi) is 8.03. The van der Waals surface area contributed by atoms with E-state index in [0.717, 1.165) is 5.56 Å². The monoisotopic (exact) mass is 418 g/mol. The molecule has 1 atom stereocenters.